The average Bonchev–Trinajstić information content (AvgIpc) is 2.66. The highest BCUT2D eigenvalue weighted by atomic mass is 32.2. The van der Waals surface area contributed by atoms with E-state index in [2.05, 4.69) is 4.98 Å². The molecule has 0 unspecified atom stereocenters. The number of benzene rings is 2. The third-order valence-electron chi connectivity index (χ3n) is 4.41. The molecule has 0 fully saturated rings. The number of nitrogens with zero attached hydrogens (tertiary/aromatic N) is 2. The largest absolute Gasteiger partial charge is 0.251 e. The second kappa shape index (κ2) is 6.59. The third-order valence-corrected chi connectivity index (χ3v) is 5.55. The van der Waals surface area contributed by atoms with E-state index in [4.69, 9.17) is 4.98 Å². The average molecular weight is 374 g/mol. The maximum absolute atomic E-state index is 12.9. The van der Waals surface area contributed by atoms with E-state index < -0.39 is 9.84 Å². The minimum atomic E-state index is -3.57. The summed E-state index contributed by atoms with van der Waals surface area (Å²) in [6, 6.07) is 22.7. The first-order chi connectivity index (χ1) is 12.9. The fourth-order valence-corrected chi connectivity index (χ4v) is 4.40. The Hall–Kier alpha value is -3.05. The van der Waals surface area contributed by atoms with Crippen molar-refractivity contribution in [3.63, 3.8) is 0 Å². The molecule has 134 valence electrons. The van der Waals surface area contributed by atoms with Crippen LogP contribution in [-0.2, 0) is 9.84 Å². The summed E-state index contributed by atoms with van der Waals surface area (Å²) in [6.45, 7) is 1.88. The van der Waals surface area contributed by atoms with Crippen molar-refractivity contribution in [2.75, 3.05) is 6.26 Å². The van der Waals surface area contributed by atoms with Gasteiger partial charge in [-0.05, 0) is 30.7 Å². The monoisotopic (exact) mass is 374 g/mol. The van der Waals surface area contributed by atoms with Gasteiger partial charge in [-0.25, -0.2) is 13.4 Å². The lowest BCUT2D eigenvalue weighted by Crippen LogP contribution is -2.07. The Labute approximate surface area is 158 Å². The standard InChI is InChI=1S/C22H18N2O2S/c1-15-9-8-14-19(23-15)21-22(27(2,25)26)20(16-10-4-3-5-11-16)17-12-6-7-13-18(17)24-21/h3-14H,1-2H3. The highest BCUT2D eigenvalue weighted by Crippen LogP contribution is 2.39. The molecular weight excluding hydrogens is 356 g/mol. The van der Waals surface area contributed by atoms with Gasteiger partial charge in [0.1, 0.15) is 10.6 Å². The normalized spacial score (nSPS) is 11.6. The van der Waals surface area contributed by atoms with Gasteiger partial charge in [0.25, 0.3) is 0 Å². The van der Waals surface area contributed by atoms with Gasteiger partial charge in [0.05, 0.1) is 11.2 Å². The van der Waals surface area contributed by atoms with Crippen molar-refractivity contribution in [2.24, 2.45) is 0 Å². The fraction of sp³-hybridized carbons (Fsp3) is 0.0909. The number of rotatable bonds is 3. The maximum Gasteiger partial charge on any atom is 0.178 e. The summed E-state index contributed by atoms with van der Waals surface area (Å²) in [6.07, 6.45) is 1.23. The van der Waals surface area contributed by atoms with Gasteiger partial charge < -0.3 is 0 Å². The maximum atomic E-state index is 12.9. The van der Waals surface area contributed by atoms with Crippen LogP contribution in [0.1, 0.15) is 5.69 Å². The van der Waals surface area contributed by atoms with Crippen molar-refractivity contribution < 1.29 is 8.42 Å². The smallest absolute Gasteiger partial charge is 0.178 e. The summed E-state index contributed by atoms with van der Waals surface area (Å²) in [5.41, 5.74) is 4.00. The van der Waals surface area contributed by atoms with Crippen molar-refractivity contribution in [3.05, 3.63) is 78.5 Å². The summed E-state index contributed by atoms with van der Waals surface area (Å²) >= 11 is 0. The Morgan fingerprint density at radius 1 is 0.778 bits per heavy atom. The molecule has 27 heavy (non-hydrogen) atoms. The molecule has 4 nitrogen and oxygen atoms in total. The zero-order valence-corrected chi connectivity index (χ0v) is 15.9. The van der Waals surface area contributed by atoms with E-state index in [1.165, 1.54) is 6.26 Å². The molecule has 0 radical (unpaired) electrons. The van der Waals surface area contributed by atoms with Gasteiger partial charge in [-0.15, -0.1) is 0 Å². The molecular formula is C22H18N2O2S. The van der Waals surface area contributed by atoms with Gasteiger partial charge in [-0.3, -0.25) is 4.98 Å². The van der Waals surface area contributed by atoms with Crippen molar-refractivity contribution in [1.29, 1.82) is 0 Å². The van der Waals surface area contributed by atoms with Gasteiger partial charge in [0, 0.05) is 22.9 Å². The summed E-state index contributed by atoms with van der Waals surface area (Å²) in [7, 11) is -3.57. The Morgan fingerprint density at radius 2 is 1.48 bits per heavy atom. The van der Waals surface area contributed by atoms with E-state index in [1.807, 2.05) is 73.7 Å². The van der Waals surface area contributed by atoms with Gasteiger partial charge in [-0.1, -0.05) is 54.6 Å². The lowest BCUT2D eigenvalue weighted by Gasteiger charge is -2.16. The van der Waals surface area contributed by atoms with Crippen LogP contribution in [0.15, 0.2) is 77.7 Å². The molecule has 2 aromatic heterocycles. The summed E-state index contributed by atoms with van der Waals surface area (Å²) < 4.78 is 25.8. The van der Waals surface area contributed by atoms with Gasteiger partial charge in [0.2, 0.25) is 0 Å². The molecule has 4 aromatic rings. The first-order valence-electron chi connectivity index (χ1n) is 8.57. The highest BCUT2D eigenvalue weighted by Gasteiger charge is 2.25. The van der Waals surface area contributed by atoms with Crippen LogP contribution in [0.4, 0.5) is 0 Å². The van der Waals surface area contributed by atoms with Crippen LogP contribution in [0.5, 0.6) is 0 Å². The zero-order chi connectivity index (χ0) is 19.0. The van der Waals surface area contributed by atoms with Crippen LogP contribution in [0, 0.1) is 6.92 Å². The van der Waals surface area contributed by atoms with Crippen molar-refractivity contribution >= 4 is 20.7 Å². The molecule has 4 rings (SSSR count). The van der Waals surface area contributed by atoms with Gasteiger partial charge in [0.15, 0.2) is 9.84 Å². The molecule has 0 spiro atoms. The van der Waals surface area contributed by atoms with Gasteiger partial charge in [-0.2, -0.15) is 0 Å². The second-order valence-electron chi connectivity index (χ2n) is 6.48. The van der Waals surface area contributed by atoms with Crippen LogP contribution in [-0.4, -0.2) is 24.6 Å². The molecule has 0 N–H and O–H groups in total. The molecule has 0 aliphatic carbocycles. The molecule has 0 amide bonds. The number of aryl methyl sites for hydroxylation is 1. The predicted octanol–water partition coefficient (Wildman–Crippen LogP) is 4.68. The molecule has 2 heterocycles. The minimum Gasteiger partial charge on any atom is -0.251 e. The fourth-order valence-electron chi connectivity index (χ4n) is 3.30. The topological polar surface area (TPSA) is 59.9 Å². The zero-order valence-electron chi connectivity index (χ0n) is 15.0. The van der Waals surface area contributed by atoms with Gasteiger partial charge >= 0.3 is 0 Å². The van der Waals surface area contributed by atoms with E-state index in [0.717, 1.165) is 22.2 Å². The van der Waals surface area contributed by atoms with E-state index in [0.29, 0.717) is 17.0 Å². The summed E-state index contributed by atoms with van der Waals surface area (Å²) in [5, 5.41) is 0.806. The van der Waals surface area contributed by atoms with Crippen LogP contribution in [0.3, 0.4) is 0 Å². The number of fused-ring (bicyclic) bond motifs is 1. The number of hydrogen-bond donors (Lipinski definition) is 0. The molecule has 2 aromatic carbocycles. The van der Waals surface area contributed by atoms with Crippen LogP contribution >= 0.6 is 0 Å². The van der Waals surface area contributed by atoms with Crippen LogP contribution in [0.2, 0.25) is 0 Å². The Balaban J connectivity index is 2.23. The van der Waals surface area contributed by atoms with E-state index in [9.17, 15) is 8.42 Å². The van der Waals surface area contributed by atoms with Crippen molar-refractivity contribution in [1.82, 2.24) is 9.97 Å². The molecule has 0 saturated carbocycles. The summed E-state index contributed by atoms with van der Waals surface area (Å²) in [4.78, 5) is 9.44. The van der Waals surface area contributed by atoms with Crippen molar-refractivity contribution in [2.45, 2.75) is 11.8 Å². The Kier molecular flexibility index (Phi) is 4.24. The number of sulfone groups is 1. The molecule has 0 aliphatic heterocycles. The Bertz CT molecular complexity index is 1250. The number of hydrogen-bond acceptors (Lipinski definition) is 4. The SMILES string of the molecule is Cc1cccc(-c2nc3ccccc3c(-c3ccccc3)c2S(C)(=O)=O)n1. The third kappa shape index (κ3) is 3.22. The minimum absolute atomic E-state index is 0.213. The number of pyridine rings is 2. The Morgan fingerprint density at radius 3 is 2.19 bits per heavy atom. The van der Waals surface area contributed by atoms with E-state index in [-0.39, 0.29) is 4.90 Å². The lowest BCUT2D eigenvalue weighted by atomic mass is 9.99. The first-order valence-corrected chi connectivity index (χ1v) is 10.5. The molecule has 5 heteroatoms. The van der Waals surface area contributed by atoms with Crippen LogP contribution in [0.25, 0.3) is 33.4 Å². The first kappa shape index (κ1) is 17.4. The summed E-state index contributed by atoms with van der Waals surface area (Å²) in [5.74, 6) is 0. The van der Waals surface area contributed by atoms with E-state index in [1.54, 1.807) is 6.07 Å². The van der Waals surface area contributed by atoms with E-state index >= 15 is 0 Å². The number of aromatic nitrogens is 2. The van der Waals surface area contributed by atoms with Crippen molar-refractivity contribution in [3.8, 4) is 22.5 Å². The predicted molar refractivity (Wildman–Crippen MR) is 108 cm³/mol. The molecule has 0 bridgehead atoms. The highest BCUT2D eigenvalue weighted by molar-refractivity contribution is 7.91. The number of para-hydroxylation sites is 1. The lowest BCUT2D eigenvalue weighted by molar-refractivity contribution is 0.602. The quantitative estimate of drug-likeness (QED) is 0.523. The molecule has 0 aliphatic rings. The van der Waals surface area contributed by atoms with Crippen LogP contribution < -0.4 is 0 Å². The molecule has 0 saturated heterocycles. The molecule has 0 atom stereocenters. The second-order valence-corrected chi connectivity index (χ2v) is 8.44.